The van der Waals surface area contributed by atoms with Gasteiger partial charge in [0.2, 0.25) is 11.7 Å². The molecule has 2 heterocycles. The van der Waals surface area contributed by atoms with Crippen LogP contribution in [0.5, 0.6) is 0 Å². The molecule has 0 radical (unpaired) electrons. The fourth-order valence-corrected chi connectivity index (χ4v) is 3.33. The number of carboxylic acid groups (broad SMARTS) is 1. The first-order chi connectivity index (χ1) is 12.9. The smallest absolute Gasteiger partial charge is 0.352 e. The summed E-state index contributed by atoms with van der Waals surface area (Å²) in [6.07, 6.45) is 1.75. The van der Waals surface area contributed by atoms with E-state index in [1.807, 2.05) is 30.3 Å². The van der Waals surface area contributed by atoms with Gasteiger partial charge >= 0.3 is 5.97 Å². The van der Waals surface area contributed by atoms with E-state index in [4.69, 9.17) is 5.73 Å². The SMILES string of the molecule is CC(N)=CC(=O)c1[nH]c(C(=O)O)cc1C1CCN(Cc2ccccc2)C1=O. The van der Waals surface area contributed by atoms with Gasteiger partial charge in [0.25, 0.3) is 0 Å². The fourth-order valence-electron chi connectivity index (χ4n) is 3.33. The number of carboxylic acids is 1. The van der Waals surface area contributed by atoms with Crippen LogP contribution >= 0.6 is 0 Å². The molecule has 0 aliphatic carbocycles. The predicted molar refractivity (Wildman–Crippen MR) is 99.2 cm³/mol. The van der Waals surface area contributed by atoms with Gasteiger partial charge in [0.15, 0.2) is 0 Å². The molecule has 3 rings (SSSR count). The molecule has 0 saturated carbocycles. The van der Waals surface area contributed by atoms with Crippen LogP contribution in [0.1, 0.15) is 51.4 Å². The Morgan fingerprint density at radius 2 is 2.04 bits per heavy atom. The number of benzene rings is 1. The fraction of sp³-hybridized carbons (Fsp3) is 0.250. The predicted octanol–water partition coefficient (Wildman–Crippen LogP) is 2.27. The van der Waals surface area contributed by atoms with Crippen LogP contribution in [0.3, 0.4) is 0 Å². The van der Waals surface area contributed by atoms with Crippen molar-refractivity contribution < 1.29 is 19.5 Å². The first-order valence-electron chi connectivity index (χ1n) is 8.64. The summed E-state index contributed by atoms with van der Waals surface area (Å²) in [6.45, 7) is 2.60. The lowest BCUT2D eigenvalue weighted by Gasteiger charge is -2.17. The maximum Gasteiger partial charge on any atom is 0.352 e. The van der Waals surface area contributed by atoms with Crippen LogP contribution < -0.4 is 5.73 Å². The highest BCUT2D eigenvalue weighted by molar-refractivity contribution is 6.07. The summed E-state index contributed by atoms with van der Waals surface area (Å²) in [4.78, 5) is 41.0. The van der Waals surface area contributed by atoms with Crippen molar-refractivity contribution in [1.82, 2.24) is 9.88 Å². The maximum atomic E-state index is 12.9. The van der Waals surface area contributed by atoms with Crippen LogP contribution in [0, 0.1) is 0 Å². The van der Waals surface area contributed by atoms with Gasteiger partial charge in [-0.25, -0.2) is 4.79 Å². The van der Waals surface area contributed by atoms with Gasteiger partial charge in [-0.05, 0) is 30.5 Å². The highest BCUT2D eigenvalue weighted by atomic mass is 16.4. The van der Waals surface area contributed by atoms with Gasteiger partial charge in [-0.15, -0.1) is 0 Å². The number of carbonyl (C=O) groups is 3. The molecule has 1 aliphatic rings. The van der Waals surface area contributed by atoms with E-state index in [1.165, 1.54) is 12.1 Å². The molecule has 1 unspecified atom stereocenters. The van der Waals surface area contributed by atoms with E-state index in [1.54, 1.807) is 11.8 Å². The molecule has 1 aliphatic heterocycles. The summed E-state index contributed by atoms with van der Waals surface area (Å²) in [6, 6.07) is 11.0. The molecule has 1 atom stereocenters. The van der Waals surface area contributed by atoms with E-state index in [0.29, 0.717) is 30.8 Å². The van der Waals surface area contributed by atoms with Crippen LogP contribution in [0.2, 0.25) is 0 Å². The number of nitrogens with zero attached hydrogens (tertiary/aromatic N) is 1. The molecule has 4 N–H and O–H groups in total. The van der Waals surface area contributed by atoms with E-state index in [9.17, 15) is 19.5 Å². The zero-order chi connectivity index (χ0) is 19.6. The van der Waals surface area contributed by atoms with Crippen LogP contribution in [-0.2, 0) is 11.3 Å². The number of amides is 1. The van der Waals surface area contributed by atoms with E-state index >= 15 is 0 Å². The van der Waals surface area contributed by atoms with Crippen molar-refractivity contribution in [1.29, 1.82) is 0 Å². The molecule has 7 nitrogen and oxygen atoms in total. The number of hydrogen-bond acceptors (Lipinski definition) is 4. The number of H-pyrrole nitrogens is 1. The largest absolute Gasteiger partial charge is 0.477 e. The molecule has 7 heteroatoms. The number of nitrogens with one attached hydrogen (secondary N) is 1. The molecular formula is C20H21N3O4. The number of nitrogens with two attached hydrogens (primary N) is 1. The van der Waals surface area contributed by atoms with Crippen molar-refractivity contribution in [3.8, 4) is 0 Å². The minimum Gasteiger partial charge on any atom is -0.477 e. The van der Waals surface area contributed by atoms with Crippen LogP contribution in [-0.4, -0.2) is 39.2 Å². The molecular weight excluding hydrogens is 346 g/mol. The maximum absolute atomic E-state index is 12.9. The number of carbonyl (C=O) groups excluding carboxylic acids is 2. The normalized spacial score (nSPS) is 17.4. The van der Waals surface area contributed by atoms with Gasteiger partial charge in [0.1, 0.15) is 5.69 Å². The second kappa shape index (κ2) is 7.49. The Labute approximate surface area is 156 Å². The Hall–Kier alpha value is -3.35. The summed E-state index contributed by atoms with van der Waals surface area (Å²) >= 11 is 0. The molecule has 27 heavy (non-hydrogen) atoms. The minimum atomic E-state index is -1.18. The summed E-state index contributed by atoms with van der Waals surface area (Å²) in [5.41, 5.74) is 7.30. The first-order valence-corrected chi connectivity index (χ1v) is 8.64. The number of allylic oxidation sites excluding steroid dienone is 2. The molecule has 140 valence electrons. The molecule has 2 aromatic rings. The van der Waals surface area contributed by atoms with E-state index in [-0.39, 0.29) is 17.3 Å². The number of aromatic nitrogens is 1. The Kier molecular flexibility index (Phi) is 5.12. The van der Waals surface area contributed by atoms with Gasteiger partial charge in [0, 0.05) is 24.9 Å². The van der Waals surface area contributed by atoms with Crippen LogP contribution in [0.4, 0.5) is 0 Å². The van der Waals surface area contributed by atoms with Gasteiger partial charge in [-0.3, -0.25) is 9.59 Å². The van der Waals surface area contributed by atoms with E-state index < -0.39 is 17.7 Å². The Morgan fingerprint density at radius 3 is 2.67 bits per heavy atom. The van der Waals surface area contributed by atoms with Crippen molar-refractivity contribution in [3.63, 3.8) is 0 Å². The van der Waals surface area contributed by atoms with Gasteiger partial charge in [-0.1, -0.05) is 30.3 Å². The quantitative estimate of drug-likeness (QED) is 0.535. The van der Waals surface area contributed by atoms with E-state index in [0.717, 1.165) is 5.56 Å². The number of hydrogen-bond donors (Lipinski definition) is 3. The zero-order valence-electron chi connectivity index (χ0n) is 14.9. The second-order valence-electron chi connectivity index (χ2n) is 6.66. The lowest BCUT2D eigenvalue weighted by atomic mass is 9.96. The van der Waals surface area contributed by atoms with Gasteiger partial charge in [-0.2, -0.15) is 0 Å². The monoisotopic (exact) mass is 367 g/mol. The first kappa shape index (κ1) is 18.4. The van der Waals surface area contributed by atoms with Gasteiger partial charge in [0.05, 0.1) is 11.6 Å². The summed E-state index contributed by atoms with van der Waals surface area (Å²) in [5, 5.41) is 9.26. The van der Waals surface area contributed by atoms with Crippen molar-refractivity contribution in [2.45, 2.75) is 25.8 Å². The number of ketones is 1. The van der Waals surface area contributed by atoms with Crippen molar-refractivity contribution >= 4 is 17.7 Å². The van der Waals surface area contributed by atoms with Crippen LogP contribution in [0.25, 0.3) is 0 Å². The topological polar surface area (TPSA) is 116 Å². The third-order valence-corrected chi connectivity index (χ3v) is 4.57. The summed E-state index contributed by atoms with van der Waals surface area (Å²) in [7, 11) is 0. The number of aromatic carboxylic acids is 1. The average Bonchev–Trinajstić information content (AvgIpc) is 3.20. The molecule has 1 saturated heterocycles. The minimum absolute atomic E-state index is 0.108. The van der Waals surface area contributed by atoms with Crippen LogP contribution in [0.15, 0.2) is 48.2 Å². The van der Waals surface area contributed by atoms with Crippen molar-refractivity contribution in [2.24, 2.45) is 5.73 Å². The molecule has 1 aromatic heterocycles. The van der Waals surface area contributed by atoms with E-state index in [2.05, 4.69) is 4.98 Å². The molecule has 0 spiro atoms. The number of rotatable bonds is 6. The Bertz CT molecular complexity index is 911. The second-order valence-corrected chi connectivity index (χ2v) is 6.66. The lowest BCUT2D eigenvalue weighted by molar-refractivity contribution is -0.129. The Balaban J connectivity index is 1.89. The standard InChI is InChI=1S/C20H21N3O4/c1-12(21)9-17(24)18-15(10-16(22-18)20(26)27)14-7-8-23(19(14)25)11-13-5-3-2-4-6-13/h2-6,9-10,14,22H,7-8,11,21H2,1H3,(H,26,27). The third-order valence-electron chi connectivity index (χ3n) is 4.57. The van der Waals surface area contributed by atoms with Gasteiger partial charge < -0.3 is 20.7 Å². The zero-order valence-corrected chi connectivity index (χ0v) is 14.9. The summed E-state index contributed by atoms with van der Waals surface area (Å²) in [5.74, 6) is -2.29. The highest BCUT2D eigenvalue weighted by Gasteiger charge is 2.36. The lowest BCUT2D eigenvalue weighted by Crippen LogP contribution is -2.26. The summed E-state index contributed by atoms with van der Waals surface area (Å²) < 4.78 is 0. The van der Waals surface area contributed by atoms with Crippen molar-refractivity contribution in [2.75, 3.05) is 6.54 Å². The molecule has 1 amide bonds. The highest BCUT2D eigenvalue weighted by Crippen LogP contribution is 2.33. The Morgan fingerprint density at radius 1 is 1.33 bits per heavy atom. The molecule has 0 bridgehead atoms. The average molecular weight is 367 g/mol. The van der Waals surface area contributed by atoms with Crippen molar-refractivity contribution in [3.05, 3.63) is 70.7 Å². The number of likely N-dealkylation sites (tertiary alicyclic amines) is 1. The molecule has 1 aromatic carbocycles. The number of aromatic amines is 1. The molecule has 1 fully saturated rings. The third kappa shape index (κ3) is 3.92.